The van der Waals surface area contributed by atoms with E-state index in [1.54, 1.807) is 0 Å². The highest BCUT2D eigenvalue weighted by atomic mass is 16.2. The van der Waals surface area contributed by atoms with Crippen LogP contribution in [0.25, 0.3) is 0 Å². The molecule has 3 aliphatic rings. The van der Waals surface area contributed by atoms with Crippen molar-refractivity contribution in [3.8, 4) is 0 Å². The molecule has 3 rings (SSSR count). The molecule has 4 heteroatoms. The lowest BCUT2D eigenvalue weighted by Gasteiger charge is -2.20. The number of nitrogens with zero attached hydrogens (tertiary/aromatic N) is 1. The highest BCUT2D eigenvalue weighted by molar-refractivity contribution is 6.05. The van der Waals surface area contributed by atoms with E-state index in [2.05, 4.69) is 12.2 Å². The number of carbonyl (C=O) groups is 2. The van der Waals surface area contributed by atoms with E-state index in [4.69, 9.17) is 0 Å². The Morgan fingerprint density at radius 1 is 1.00 bits per heavy atom. The summed E-state index contributed by atoms with van der Waals surface area (Å²) < 4.78 is 0. The van der Waals surface area contributed by atoms with Crippen LogP contribution in [0.15, 0.2) is 0 Å². The van der Waals surface area contributed by atoms with Crippen LogP contribution in [-0.2, 0) is 9.59 Å². The fraction of sp³-hybridized carbons (Fsp3) is 0.882. The summed E-state index contributed by atoms with van der Waals surface area (Å²) in [5.41, 5.74) is 0. The lowest BCUT2D eigenvalue weighted by atomic mass is 10.00. The highest BCUT2D eigenvalue weighted by Crippen LogP contribution is 2.42. The zero-order valence-electron chi connectivity index (χ0n) is 13.1. The summed E-state index contributed by atoms with van der Waals surface area (Å²) in [7, 11) is 0. The van der Waals surface area contributed by atoms with Crippen LogP contribution in [0.3, 0.4) is 0 Å². The molecule has 2 unspecified atom stereocenters. The number of likely N-dealkylation sites (tertiary alicyclic amines) is 1. The lowest BCUT2D eigenvalue weighted by Crippen LogP contribution is -2.40. The lowest BCUT2D eigenvalue weighted by molar-refractivity contribution is -0.140. The first-order valence-electron chi connectivity index (χ1n) is 8.75. The molecule has 4 nitrogen and oxygen atoms in total. The fourth-order valence-electron chi connectivity index (χ4n) is 4.43. The van der Waals surface area contributed by atoms with E-state index in [0.717, 1.165) is 19.4 Å². The van der Waals surface area contributed by atoms with Crippen molar-refractivity contribution in [1.82, 2.24) is 10.2 Å². The van der Waals surface area contributed by atoms with Gasteiger partial charge in [-0.25, -0.2) is 0 Å². The maximum atomic E-state index is 12.4. The molecule has 0 aromatic rings. The van der Waals surface area contributed by atoms with Gasteiger partial charge < -0.3 is 5.32 Å². The molecule has 0 radical (unpaired) electrons. The van der Waals surface area contributed by atoms with E-state index in [0.29, 0.717) is 18.5 Å². The monoisotopic (exact) mass is 292 g/mol. The van der Waals surface area contributed by atoms with Crippen molar-refractivity contribution < 1.29 is 9.59 Å². The number of nitrogens with one attached hydrogen (secondary N) is 1. The van der Waals surface area contributed by atoms with Crippen LogP contribution in [0.2, 0.25) is 0 Å². The first kappa shape index (κ1) is 15.0. The molecule has 1 aliphatic heterocycles. The number of carbonyl (C=O) groups excluding carboxylic acids is 2. The van der Waals surface area contributed by atoms with Gasteiger partial charge in [0.05, 0.1) is 11.8 Å². The zero-order chi connectivity index (χ0) is 14.8. The standard InChI is InChI=1S/C17H28N2O2/c1-12-10-14-15(11-12)17(21)19(16(14)20)9-8-18-13-6-4-2-3-5-7-13/h12-15,18H,2-11H2,1H3. The van der Waals surface area contributed by atoms with Crippen LogP contribution in [0.4, 0.5) is 0 Å². The molecule has 2 atom stereocenters. The van der Waals surface area contributed by atoms with Crippen LogP contribution < -0.4 is 5.32 Å². The molecular formula is C17H28N2O2. The minimum absolute atomic E-state index is 0.00891. The molecule has 2 aliphatic carbocycles. The summed E-state index contributed by atoms with van der Waals surface area (Å²) >= 11 is 0. The molecule has 1 saturated heterocycles. The number of amides is 2. The second-order valence-electron chi connectivity index (χ2n) is 7.26. The third-order valence-electron chi connectivity index (χ3n) is 5.59. The van der Waals surface area contributed by atoms with Crippen molar-refractivity contribution in [1.29, 1.82) is 0 Å². The van der Waals surface area contributed by atoms with Gasteiger partial charge in [0.1, 0.15) is 0 Å². The van der Waals surface area contributed by atoms with E-state index in [1.165, 1.54) is 43.4 Å². The van der Waals surface area contributed by atoms with E-state index < -0.39 is 0 Å². The van der Waals surface area contributed by atoms with Crippen molar-refractivity contribution in [2.75, 3.05) is 13.1 Å². The van der Waals surface area contributed by atoms with Gasteiger partial charge in [0.2, 0.25) is 11.8 Å². The number of hydrogen-bond acceptors (Lipinski definition) is 3. The average molecular weight is 292 g/mol. The van der Waals surface area contributed by atoms with E-state index in [-0.39, 0.29) is 23.7 Å². The maximum absolute atomic E-state index is 12.4. The third-order valence-corrected chi connectivity index (χ3v) is 5.59. The van der Waals surface area contributed by atoms with Crippen molar-refractivity contribution >= 4 is 11.8 Å². The maximum Gasteiger partial charge on any atom is 0.233 e. The number of imide groups is 1. The van der Waals surface area contributed by atoms with E-state index in [9.17, 15) is 9.59 Å². The first-order valence-corrected chi connectivity index (χ1v) is 8.75. The van der Waals surface area contributed by atoms with Crippen molar-refractivity contribution in [3.63, 3.8) is 0 Å². The van der Waals surface area contributed by atoms with Crippen LogP contribution in [0.5, 0.6) is 0 Å². The minimum Gasteiger partial charge on any atom is -0.312 e. The van der Waals surface area contributed by atoms with Crippen LogP contribution in [0, 0.1) is 17.8 Å². The summed E-state index contributed by atoms with van der Waals surface area (Å²) in [6.07, 6.45) is 9.60. The molecule has 0 bridgehead atoms. The Kier molecular flexibility index (Phi) is 4.63. The number of rotatable bonds is 4. The SMILES string of the molecule is CC1CC2C(=O)N(CCNC3CCCCCC3)C(=O)C2C1. The molecular weight excluding hydrogens is 264 g/mol. The van der Waals surface area contributed by atoms with E-state index in [1.807, 2.05) is 0 Å². The first-order chi connectivity index (χ1) is 10.2. The van der Waals surface area contributed by atoms with E-state index >= 15 is 0 Å². The fourth-order valence-corrected chi connectivity index (χ4v) is 4.43. The summed E-state index contributed by atoms with van der Waals surface area (Å²) in [6.45, 7) is 3.48. The van der Waals surface area contributed by atoms with Gasteiger partial charge >= 0.3 is 0 Å². The predicted molar refractivity (Wildman–Crippen MR) is 81.6 cm³/mol. The van der Waals surface area contributed by atoms with Crippen LogP contribution in [0.1, 0.15) is 58.3 Å². The molecule has 0 aromatic heterocycles. The largest absolute Gasteiger partial charge is 0.312 e. The quantitative estimate of drug-likeness (QED) is 0.639. The highest BCUT2D eigenvalue weighted by Gasteiger charge is 2.51. The van der Waals surface area contributed by atoms with Gasteiger partial charge in [-0.2, -0.15) is 0 Å². The molecule has 1 heterocycles. The number of hydrogen-bond donors (Lipinski definition) is 1. The summed E-state index contributed by atoms with van der Waals surface area (Å²) in [4.78, 5) is 26.2. The Morgan fingerprint density at radius 3 is 2.14 bits per heavy atom. The molecule has 2 saturated carbocycles. The second kappa shape index (κ2) is 6.47. The van der Waals surface area contributed by atoms with Gasteiger partial charge in [0.25, 0.3) is 0 Å². The third kappa shape index (κ3) is 3.15. The molecule has 0 spiro atoms. The molecule has 0 aromatic carbocycles. The van der Waals surface area contributed by atoms with Gasteiger partial charge in [0.15, 0.2) is 0 Å². The molecule has 118 valence electrons. The Morgan fingerprint density at radius 2 is 1.57 bits per heavy atom. The summed E-state index contributed by atoms with van der Waals surface area (Å²) in [6, 6.07) is 0.583. The Labute approximate surface area is 127 Å². The van der Waals surface area contributed by atoms with Crippen molar-refractivity contribution in [2.24, 2.45) is 17.8 Å². The smallest absolute Gasteiger partial charge is 0.233 e. The number of fused-ring (bicyclic) bond motifs is 1. The average Bonchev–Trinajstić information content (AvgIpc) is 2.80. The Hall–Kier alpha value is -0.900. The second-order valence-corrected chi connectivity index (χ2v) is 7.26. The van der Waals surface area contributed by atoms with Gasteiger partial charge in [-0.15, -0.1) is 0 Å². The molecule has 2 amide bonds. The van der Waals surface area contributed by atoms with Gasteiger partial charge in [-0.3, -0.25) is 14.5 Å². The molecule has 3 fully saturated rings. The van der Waals surface area contributed by atoms with Crippen molar-refractivity contribution in [2.45, 2.75) is 64.3 Å². The Bertz CT molecular complexity index is 378. The summed E-state index contributed by atoms with van der Waals surface area (Å²) in [5, 5.41) is 3.56. The normalized spacial score (nSPS) is 34.3. The topological polar surface area (TPSA) is 49.4 Å². The van der Waals surface area contributed by atoms with Crippen LogP contribution >= 0.6 is 0 Å². The predicted octanol–water partition coefficient (Wildman–Crippen LogP) is 2.33. The Balaban J connectivity index is 1.47. The van der Waals surface area contributed by atoms with Crippen molar-refractivity contribution in [3.05, 3.63) is 0 Å². The minimum atomic E-state index is -0.00891. The zero-order valence-corrected chi connectivity index (χ0v) is 13.1. The van der Waals surface area contributed by atoms with Crippen LogP contribution in [-0.4, -0.2) is 35.8 Å². The summed E-state index contributed by atoms with van der Waals surface area (Å²) in [5.74, 6) is 0.698. The molecule has 21 heavy (non-hydrogen) atoms. The van der Waals surface area contributed by atoms with Gasteiger partial charge in [0, 0.05) is 19.1 Å². The molecule has 1 N–H and O–H groups in total. The van der Waals surface area contributed by atoms with Gasteiger partial charge in [-0.1, -0.05) is 32.6 Å². The van der Waals surface area contributed by atoms with Gasteiger partial charge in [-0.05, 0) is 31.6 Å².